The van der Waals surface area contributed by atoms with Crippen molar-refractivity contribution in [2.75, 3.05) is 19.8 Å². The Morgan fingerprint density at radius 3 is 3.08 bits per heavy atom. The molecule has 0 spiro atoms. The van der Waals surface area contributed by atoms with Gasteiger partial charge in [0.1, 0.15) is 0 Å². The van der Waals surface area contributed by atoms with Crippen LogP contribution < -0.4 is 5.32 Å². The lowest BCUT2D eigenvalue weighted by atomic mass is 10.1. The molecule has 0 aliphatic carbocycles. The zero-order valence-corrected chi connectivity index (χ0v) is 8.46. The summed E-state index contributed by atoms with van der Waals surface area (Å²) < 4.78 is 5.33. The Labute approximate surface area is 80.5 Å². The van der Waals surface area contributed by atoms with Crippen LogP contribution >= 0.6 is 0 Å². The summed E-state index contributed by atoms with van der Waals surface area (Å²) in [6.45, 7) is 4.50. The lowest BCUT2D eigenvalue weighted by molar-refractivity contribution is 0.0632. The third kappa shape index (κ3) is 4.60. The molecule has 0 saturated carbocycles. The van der Waals surface area contributed by atoms with E-state index in [0.717, 1.165) is 32.5 Å². The maximum absolute atomic E-state index is 9.48. The molecular weight excluding hydrogens is 166 g/mol. The van der Waals surface area contributed by atoms with Crippen molar-refractivity contribution in [2.45, 2.75) is 44.8 Å². The summed E-state index contributed by atoms with van der Waals surface area (Å²) in [6, 6.07) is 0.459. The molecule has 3 nitrogen and oxygen atoms in total. The summed E-state index contributed by atoms with van der Waals surface area (Å²) in [5, 5.41) is 12.8. The number of aliphatic hydroxyl groups is 1. The minimum absolute atomic E-state index is 0.188. The van der Waals surface area contributed by atoms with Gasteiger partial charge in [0.2, 0.25) is 0 Å². The van der Waals surface area contributed by atoms with Gasteiger partial charge in [0.15, 0.2) is 0 Å². The first-order chi connectivity index (χ1) is 6.33. The predicted octanol–water partition coefficient (Wildman–Crippen LogP) is 0.916. The van der Waals surface area contributed by atoms with Crippen LogP contribution in [-0.4, -0.2) is 37.0 Å². The summed E-state index contributed by atoms with van der Waals surface area (Å²) in [6.07, 6.45) is 4.07. The van der Waals surface area contributed by atoms with Crippen LogP contribution in [0.5, 0.6) is 0 Å². The van der Waals surface area contributed by atoms with Crippen molar-refractivity contribution < 1.29 is 9.84 Å². The Morgan fingerprint density at radius 1 is 1.62 bits per heavy atom. The average Bonchev–Trinajstić information content (AvgIpc) is 2.17. The van der Waals surface area contributed by atoms with Gasteiger partial charge in [-0.25, -0.2) is 0 Å². The van der Waals surface area contributed by atoms with E-state index in [-0.39, 0.29) is 6.10 Å². The smallest absolute Gasteiger partial charge is 0.0664 e. The molecule has 1 rings (SSSR count). The zero-order valence-electron chi connectivity index (χ0n) is 8.46. The van der Waals surface area contributed by atoms with Gasteiger partial charge < -0.3 is 15.2 Å². The summed E-state index contributed by atoms with van der Waals surface area (Å²) in [5.41, 5.74) is 0. The van der Waals surface area contributed by atoms with Crippen molar-refractivity contribution in [1.29, 1.82) is 0 Å². The molecule has 2 atom stereocenters. The van der Waals surface area contributed by atoms with Crippen molar-refractivity contribution in [2.24, 2.45) is 0 Å². The number of aliphatic hydroxyl groups excluding tert-OH is 1. The second-order valence-electron chi connectivity index (χ2n) is 3.76. The molecule has 2 N–H and O–H groups in total. The van der Waals surface area contributed by atoms with Crippen LogP contribution in [0.25, 0.3) is 0 Å². The van der Waals surface area contributed by atoms with E-state index >= 15 is 0 Å². The number of nitrogens with one attached hydrogen (secondary N) is 1. The first-order valence-electron chi connectivity index (χ1n) is 5.32. The number of ether oxygens (including phenoxy) is 1. The number of rotatable bonds is 5. The van der Waals surface area contributed by atoms with E-state index in [1.54, 1.807) is 0 Å². The Hall–Kier alpha value is -0.120. The Morgan fingerprint density at radius 2 is 2.46 bits per heavy atom. The molecule has 2 unspecified atom stereocenters. The monoisotopic (exact) mass is 187 g/mol. The molecule has 1 heterocycles. The summed E-state index contributed by atoms with van der Waals surface area (Å²) in [5.74, 6) is 0. The van der Waals surface area contributed by atoms with Gasteiger partial charge in [0.25, 0.3) is 0 Å². The molecule has 3 heteroatoms. The van der Waals surface area contributed by atoms with E-state index in [0.29, 0.717) is 12.6 Å². The molecule has 13 heavy (non-hydrogen) atoms. The van der Waals surface area contributed by atoms with Gasteiger partial charge in [-0.15, -0.1) is 0 Å². The largest absolute Gasteiger partial charge is 0.392 e. The molecule has 0 amide bonds. The van der Waals surface area contributed by atoms with E-state index in [1.165, 1.54) is 6.42 Å². The molecule has 0 aromatic heterocycles. The maximum atomic E-state index is 9.48. The lowest BCUT2D eigenvalue weighted by Crippen LogP contribution is -2.40. The third-order valence-electron chi connectivity index (χ3n) is 2.42. The van der Waals surface area contributed by atoms with E-state index in [2.05, 4.69) is 12.2 Å². The first kappa shape index (κ1) is 11.0. The van der Waals surface area contributed by atoms with Gasteiger partial charge >= 0.3 is 0 Å². The van der Waals surface area contributed by atoms with Crippen molar-refractivity contribution >= 4 is 0 Å². The van der Waals surface area contributed by atoms with Crippen molar-refractivity contribution in [3.8, 4) is 0 Å². The Kier molecular flexibility index (Phi) is 5.35. The Bertz CT molecular complexity index is 124. The highest BCUT2D eigenvalue weighted by atomic mass is 16.5. The molecule has 0 aromatic carbocycles. The predicted molar refractivity (Wildman–Crippen MR) is 52.8 cm³/mol. The summed E-state index contributed by atoms with van der Waals surface area (Å²) in [4.78, 5) is 0. The standard InChI is InChI=1S/C10H21NO2/c1-2-4-10(12)7-11-9-5-3-6-13-8-9/h9-12H,2-8H2,1H3. The average molecular weight is 187 g/mol. The van der Waals surface area contributed by atoms with Crippen LogP contribution in [0.3, 0.4) is 0 Å². The van der Waals surface area contributed by atoms with Gasteiger partial charge in [-0.2, -0.15) is 0 Å². The maximum Gasteiger partial charge on any atom is 0.0664 e. The first-order valence-corrected chi connectivity index (χ1v) is 5.32. The second-order valence-corrected chi connectivity index (χ2v) is 3.76. The van der Waals surface area contributed by atoms with E-state index in [1.807, 2.05) is 0 Å². The summed E-state index contributed by atoms with van der Waals surface area (Å²) in [7, 11) is 0. The molecule has 1 aliphatic heterocycles. The second kappa shape index (κ2) is 6.35. The minimum Gasteiger partial charge on any atom is -0.392 e. The van der Waals surface area contributed by atoms with E-state index in [9.17, 15) is 5.11 Å². The van der Waals surface area contributed by atoms with E-state index in [4.69, 9.17) is 4.74 Å². The van der Waals surface area contributed by atoms with Crippen molar-refractivity contribution in [3.05, 3.63) is 0 Å². The van der Waals surface area contributed by atoms with Crippen molar-refractivity contribution in [3.63, 3.8) is 0 Å². The van der Waals surface area contributed by atoms with Gasteiger partial charge in [-0.3, -0.25) is 0 Å². The van der Waals surface area contributed by atoms with Gasteiger partial charge in [-0.1, -0.05) is 13.3 Å². The highest BCUT2D eigenvalue weighted by Gasteiger charge is 2.13. The molecule has 1 saturated heterocycles. The quantitative estimate of drug-likeness (QED) is 0.672. The SMILES string of the molecule is CCCC(O)CNC1CCCOC1. The third-order valence-corrected chi connectivity index (χ3v) is 2.42. The van der Waals surface area contributed by atoms with E-state index < -0.39 is 0 Å². The molecule has 1 aliphatic rings. The molecule has 0 aromatic rings. The van der Waals surface area contributed by atoms with Crippen LogP contribution in [0.15, 0.2) is 0 Å². The fourth-order valence-corrected chi connectivity index (χ4v) is 1.64. The highest BCUT2D eigenvalue weighted by Crippen LogP contribution is 2.06. The van der Waals surface area contributed by atoms with Crippen molar-refractivity contribution in [1.82, 2.24) is 5.32 Å². The van der Waals surface area contributed by atoms with Gasteiger partial charge in [0.05, 0.1) is 12.7 Å². The summed E-state index contributed by atoms with van der Waals surface area (Å²) >= 11 is 0. The molecule has 1 fully saturated rings. The van der Waals surface area contributed by atoms with Crippen LogP contribution in [-0.2, 0) is 4.74 Å². The van der Waals surface area contributed by atoms with Crippen LogP contribution in [0.1, 0.15) is 32.6 Å². The number of hydrogen-bond donors (Lipinski definition) is 2. The fraction of sp³-hybridized carbons (Fsp3) is 1.00. The molecule has 78 valence electrons. The van der Waals surface area contributed by atoms with Gasteiger partial charge in [-0.05, 0) is 19.3 Å². The topological polar surface area (TPSA) is 41.5 Å². The molecule has 0 radical (unpaired) electrons. The Balaban J connectivity index is 2.03. The molecule has 0 bridgehead atoms. The van der Waals surface area contributed by atoms with Crippen LogP contribution in [0.4, 0.5) is 0 Å². The number of hydrogen-bond acceptors (Lipinski definition) is 3. The van der Waals surface area contributed by atoms with Crippen LogP contribution in [0.2, 0.25) is 0 Å². The minimum atomic E-state index is -0.188. The van der Waals surface area contributed by atoms with Crippen LogP contribution in [0, 0.1) is 0 Å². The lowest BCUT2D eigenvalue weighted by Gasteiger charge is -2.24. The zero-order chi connectivity index (χ0) is 9.52. The highest BCUT2D eigenvalue weighted by molar-refractivity contribution is 4.71. The normalized spacial score (nSPS) is 25.8. The fourth-order valence-electron chi connectivity index (χ4n) is 1.64. The molecular formula is C10H21NO2. The van der Waals surface area contributed by atoms with Gasteiger partial charge in [0, 0.05) is 19.2 Å².